The summed E-state index contributed by atoms with van der Waals surface area (Å²) >= 11 is 0. The molecule has 0 radical (unpaired) electrons. The van der Waals surface area contributed by atoms with Crippen LogP contribution >= 0.6 is 0 Å². The van der Waals surface area contributed by atoms with E-state index < -0.39 is 0 Å². The molecule has 1 aliphatic rings. The molecule has 5 heteroatoms. The highest BCUT2D eigenvalue weighted by atomic mass is 16.1. The van der Waals surface area contributed by atoms with Crippen LogP contribution in [0.25, 0.3) is 5.65 Å². The highest BCUT2D eigenvalue weighted by molar-refractivity contribution is 5.78. The van der Waals surface area contributed by atoms with Gasteiger partial charge in [0, 0.05) is 31.9 Å². The van der Waals surface area contributed by atoms with E-state index in [0.29, 0.717) is 19.0 Å². The van der Waals surface area contributed by atoms with Crippen LogP contribution in [-0.4, -0.2) is 39.3 Å². The summed E-state index contributed by atoms with van der Waals surface area (Å²) in [5, 5.41) is 3.11. The predicted octanol–water partition coefficient (Wildman–Crippen LogP) is 2.75. The van der Waals surface area contributed by atoms with Crippen molar-refractivity contribution in [2.45, 2.75) is 39.3 Å². The van der Waals surface area contributed by atoms with E-state index in [1.165, 1.54) is 11.1 Å². The summed E-state index contributed by atoms with van der Waals surface area (Å²) < 4.78 is 2.00. The molecule has 3 aromatic rings. The van der Waals surface area contributed by atoms with Gasteiger partial charge >= 0.3 is 0 Å². The van der Waals surface area contributed by atoms with E-state index in [9.17, 15) is 4.79 Å². The number of nitrogens with one attached hydrogen (secondary N) is 1. The number of nitrogens with zero attached hydrogens (tertiary/aromatic N) is 3. The molecule has 1 unspecified atom stereocenters. The molecule has 2 aromatic heterocycles. The number of imidazole rings is 1. The Kier molecular flexibility index (Phi) is 4.94. The first-order valence-electron chi connectivity index (χ1n) is 9.62. The van der Waals surface area contributed by atoms with Crippen LogP contribution in [0.1, 0.15) is 29.4 Å². The van der Waals surface area contributed by atoms with E-state index in [0.717, 1.165) is 36.5 Å². The molecular weight excluding hydrogens is 336 g/mol. The van der Waals surface area contributed by atoms with Gasteiger partial charge in [0.25, 0.3) is 0 Å². The second-order valence-corrected chi connectivity index (χ2v) is 7.39. The van der Waals surface area contributed by atoms with Gasteiger partial charge in [-0.05, 0) is 43.5 Å². The molecule has 0 saturated heterocycles. The van der Waals surface area contributed by atoms with Gasteiger partial charge in [-0.3, -0.25) is 9.69 Å². The number of fused-ring (bicyclic) bond motifs is 2. The number of amides is 1. The van der Waals surface area contributed by atoms with E-state index >= 15 is 0 Å². The van der Waals surface area contributed by atoms with Crippen molar-refractivity contribution in [2.24, 2.45) is 0 Å². The molecule has 4 rings (SSSR count). The minimum Gasteiger partial charge on any atom is -0.354 e. The average molecular weight is 362 g/mol. The molecule has 3 heterocycles. The van der Waals surface area contributed by atoms with Gasteiger partial charge in [-0.15, -0.1) is 0 Å². The predicted molar refractivity (Wildman–Crippen MR) is 107 cm³/mol. The van der Waals surface area contributed by atoms with Crippen molar-refractivity contribution in [3.63, 3.8) is 0 Å². The van der Waals surface area contributed by atoms with Crippen molar-refractivity contribution in [2.75, 3.05) is 13.1 Å². The maximum Gasteiger partial charge on any atom is 0.226 e. The lowest BCUT2D eigenvalue weighted by Crippen LogP contribution is -2.44. The smallest absolute Gasteiger partial charge is 0.226 e. The number of rotatable bonds is 5. The number of hydrogen-bond donors (Lipinski definition) is 1. The van der Waals surface area contributed by atoms with Crippen molar-refractivity contribution >= 4 is 11.6 Å². The lowest BCUT2D eigenvalue weighted by atomic mass is 9.99. The number of pyridine rings is 1. The second kappa shape index (κ2) is 7.53. The molecule has 1 aliphatic heterocycles. The van der Waals surface area contributed by atoms with E-state index in [4.69, 9.17) is 0 Å². The Morgan fingerprint density at radius 3 is 2.81 bits per heavy atom. The number of carbonyl (C=O) groups excluding carboxylic acids is 1. The van der Waals surface area contributed by atoms with Gasteiger partial charge in [0.15, 0.2) is 0 Å². The third kappa shape index (κ3) is 3.74. The maximum absolute atomic E-state index is 12.5. The van der Waals surface area contributed by atoms with Gasteiger partial charge in [-0.2, -0.15) is 0 Å². The van der Waals surface area contributed by atoms with E-state index in [2.05, 4.69) is 46.4 Å². The maximum atomic E-state index is 12.5. The van der Waals surface area contributed by atoms with Crippen LogP contribution in [0.15, 0.2) is 48.7 Å². The van der Waals surface area contributed by atoms with Gasteiger partial charge in [0.2, 0.25) is 5.91 Å². The lowest BCUT2D eigenvalue weighted by Gasteiger charge is -2.33. The molecule has 5 nitrogen and oxygen atoms in total. The standard InChI is InChI=1S/C22H26N4O/c1-16(25-12-10-18-7-3-4-8-19(18)15-25)14-23-22(27)13-20-17(2)24-21-9-5-6-11-26(20)21/h3-9,11,16H,10,12-15H2,1-2H3,(H,23,27). The number of benzene rings is 1. The summed E-state index contributed by atoms with van der Waals surface area (Å²) in [5.41, 5.74) is 5.62. The Labute approximate surface area is 160 Å². The van der Waals surface area contributed by atoms with E-state index in [-0.39, 0.29) is 5.91 Å². The van der Waals surface area contributed by atoms with Gasteiger partial charge in [-0.1, -0.05) is 30.3 Å². The lowest BCUT2D eigenvalue weighted by molar-refractivity contribution is -0.120. The Morgan fingerprint density at radius 1 is 1.19 bits per heavy atom. The number of hydrogen-bond acceptors (Lipinski definition) is 3. The molecule has 1 atom stereocenters. The first-order valence-corrected chi connectivity index (χ1v) is 9.62. The van der Waals surface area contributed by atoms with Crippen molar-refractivity contribution in [3.05, 3.63) is 71.2 Å². The Balaban J connectivity index is 1.35. The van der Waals surface area contributed by atoms with Crippen LogP contribution in [0.4, 0.5) is 0 Å². The van der Waals surface area contributed by atoms with Crippen LogP contribution in [0, 0.1) is 6.92 Å². The van der Waals surface area contributed by atoms with Crippen LogP contribution in [0.5, 0.6) is 0 Å². The van der Waals surface area contributed by atoms with E-state index in [1.54, 1.807) is 0 Å². The largest absolute Gasteiger partial charge is 0.354 e. The molecule has 0 bridgehead atoms. The Bertz CT molecular complexity index is 962. The highest BCUT2D eigenvalue weighted by Crippen LogP contribution is 2.20. The summed E-state index contributed by atoms with van der Waals surface area (Å²) in [5.74, 6) is 0.0491. The first-order chi connectivity index (χ1) is 13.1. The minimum absolute atomic E-state index is 0.0491. The molecule has 0 saturated carbocycles. The summed E-state index contributed by atoms with van der Waals surface area (Å²) in [6.45, 7) is 6.81. The topological polar surface area (TPSA) is 49.6 Å². The minimum atomic E-state index is 0.0491. The van der Waals surface area contributed by atoms with Gasteiger partial charge in [0.05, 0.1) is 17.8 Å². The molecule has 27 heavy (non-hydrogen) atoms. The highest BCUT2D eigenvalue weighted by Gasteiger charge is 2.21. The molecule has 140 valence electrons. The number of aromatic nitrogens is 2. The fraction of sp³-hybridized carbons (Fsp3) is 0.364. The molecule has 1 amide bonds. The zero-order valence-electron chi connectivity index (χ0n) is 16.0. The molecule has 1 N–H and O–H groups in total. The quantitative estimate of drug-likeness (QED) is 0.759. The van der Waals surface area contributed by atoms with Crippen LogP contribution in [-0.2, 0) is 24.2 Å². The summed E-state index contributed by atoms with van der Waals surface area (Å²) in [6.07, 6.45) is 3.40. The van der Waals surface area contributed by atoms with Crippen molar-refractivity contribution in [1.29, 1.82) is 0 Å². The van der Waals surface area contributed by atoms with Crippen LogP contribution in [0.2, 0.25) is 0 Å². The van der Waals surface area contributed by atoms with E-state index in [1.807, 2.05) is 35.7 Å². The summed E-state index contributed by atoms with van der Waals surface area (Å²) in [6, 6.07) is 14.8. The summed E-state index contributed by atoms with van der Waals surface area (Å²) in [4.78, 5) is 19.5. The monoisotopic (exact) mass is 362 g/mol. The summed E-state index contributed by atoms with van der Waals surface area (Å²) in [7, 11) is 0. The molecule has 0 fully saturated rings. The number of carbonyl (C=O) groups is 1. The van der Waals surface area contributed by atoms with Crippen molar-refractivity contribution < 1.29 is 4.79 Å². The van der Waals surface area contributed by atoms with Crippen molar-refractivity contribution in [3.8, 4) is 0 Å². The normalized spacial score (nSPS) is 15.5. The molecule has 0 aliphatic carbocycles. The third-order valence-corrected chi connectivity index (χ3v) is 5.54. The Morgan fingerprint density at radius 2 is 1.96 bits per heavy atom. The molecule has 1 aromatic carbocycles. The SMILES string of the molecule is Cc1nc2ccccn2c1CC(=O)NCC(C)N1CCc2ccccc2C1. The Hall–Kier alpha value is -2.66. The molecular formula is C22H26N4O. The van der Waals surface area contributed by atoms with Gasteiger partial charge < -0.3 is 9.72 Å². The fourth-order valence-corrected chi connectivity index (χ4v) is 3.88. The molecule has 0 spiro atoms. The zero-order chi connectivity index (χ0) is 18.8. The number of aryl methyl sites for hydroxylation is 1. The van der Waals surface area contributed by atoms with Crippen LogP contribution in [0.3, 0.4) is 0 Å². The second-order valence-electron chi connectivity index (χ2n) is 7.39. The average Bonchev–Trinajstić information content (AvgIpc) is 3.01. The van der Waals surface area contributed by atoms with Crippen LogP contribution < -0.4 is 5.32 Å². The van der Waals surface area contributed by atoms with Gasteiger partial charge in [-0.25, -0.2) is 4.98 Å². The fourth-order valence-electron chi connectivity index (χ4n) is 3.88. The zero-order valence-corrected chi connectivity index (χ0v) is 16.0. The van der Waals surface area contributed by atoms with Crippen molar-refractivity contribution in [1.82, 2.24) is 19.6 Å². The first kappa shape index (κ1) is 17.7. The third-order valence-electron chi connectivity index (χ3n) is 5.54. The van der Waals surface area contributed by atoms with Gasteiger partial charge in [0.1, 0.15) is 5.65 Å².